The fourth-order valence-electron chi connectivity index (χ4n) is 3.28. The molecule has 1 heterocycles. The Morgan fingerprint density at radius 2 is 2.09 bits per heavy atom. The molecule has 9 heteroatoms. The van der Waals surface area contributed by atoms with Crippen LogP contribution in [0.3, 0.4) is 0 Å². The molecule has 0 spiro atoms. The van der Waals surface area contributed by atoms with Crippen molar-refractivity contribution in [2.24, 2.45) is 0 Å². The SMILES string of the molecule is CN(C)C(=O)C=CCNc1cc2c(Nc3ccc(F)c(Cl)c3)ncnc2cc1OC1CCC1. The minimum atomic E-state index is -0.486. The molecule has 0 atom stereocenters. The number of hydrogen-bond acceptors (Lipinski definition) is 6. The molecule has 2 N–H and O–H groups in total. The van der Waals surface area contributed by atoms with Crippen molar-refractivity contribution in [2.75, 3.05) is 31.3 Å². The van der Waals surface area contributed by atoms with E-state index >= 15 is 0 Å². The number of hydrogen-bond donors (Lipinski definition) is 2. The van der Waals surface area contributed by atoms with Crippen LogP contribution in [0.15, 0.2) is 48.8 Å². The number of nitrogens with zero attached hydrogens (tertiary/aromatic N) is 3. The summed E-state index contributed by atoms with van der Waals surface area (Å²) < 4.78 is 19.7. The van der Waals surface area contributed by atoms with Gasteiger partial charge in [0.1, 0.15) is 23.7 Å². The van der Waals surface area contributed by atoms with E-state index < -0.39 is 5.82 Å². The fraction of sp³-hybridized carbons (Fsp3) is 0.292. The molecule has 1 saturated carbocycles. The molecular weight excluding hydrogens is 445 g/mol. The third kappa shape index (κ3) is 5.51. The van der Waals surface area contributed by atoms with E-state index in [1.807, 2.05) is 12.1 Å². The minimum Gasteiger partial charge on any atom is -0.488 e. The van der Waals surface area contributed by atoms with Crippen molar-refractivity contribution in [1.82, 2.24) is 14.9 Å². The Hall–Kier alpha value is -3.39. The molecule has 0 saturated heterocycles. The lowest BCUT2D eigenvalue weighted by Gasteiger charge is -2.27. The molecule has 1 aliphatic carbocycles. The number of aromatic nitrogens is 2. The van der Waals surface area contributed by atoms with Gasteiger partial charge in [-0.15, -0.1) is 0 Å². The normalized spacial score (nSPS) is 13.7. The number of amides is 1. The summed E-state index contributed by atoms with van der Waals surface area (Å²) in [6.07, 6.45) is 8.15. The molecular formula is C24H25ClFN5O2. The largest absolute Gasteiger partial charge is 0.488 e. The van der Waals surface area contributed by atoms with Crippen LogP contribution in [0.5, 0.6) is 5.75 Å². The van der Waals surface area contributed by atoms with Crippen molar-refractivity contribution in [3.63, 3.8) is 0 Å². The van der Waals surface area contributed by atoms with Gasteiger partial charge >= 0.3 is 0 Å². The first-order valence-corrected chi connectivity index (χ1v) is 11.1. The minimum absolute atomic E-state index is 0.0240. The molecule has 7 nitrogen and oxygen atoms in total. The Kier molecular flexibility index (Phi) is 6.93. The third-order valence-corrected chi connectivity index (χ3v) is 5.67. The maximum absolute atomic E-state index is 13.5. The molecule has 172 valence electrons. The first-order chi connectivity index (χ1) is 15.9. The van der Waals surface area contributed by atoms with Crippen molar-refractivity contribution in [1.29, 1.82) is 0 Å². The van der Waals surface area contributed by atoms with Crippen LogP contribution in [-0.2, 0) is 4.79 Å². The highest BCUT2D eigenvalue weighted by molar-refractivity contribution is 6.31. The first-order valence-electron chi connectivity index (χ1n) is 10.7. The van der Waals surface area contributed by atoms with E-state index in [1.54, 1.807) is 26.2 Å². The highest BCUT2D eigenvalue weighted by Crippen LogP contribution is 2.36. The van der Waals surface area contributed by atoms with Crippen molar-refractivity contribution in [3.8, 4) is 5.75 Å². The number of benzene rings is 2. The number of ether oxygens (including phenoxy) is 1. The predicted octanol–water partition coefficient (Wildman–Crippen LogP) is 5.15. The summed E-state index contributed by atoms with van der Waals surface area (Å²) in [6.45, 7) is 0.441. The molecule has 1 fully saturated rings. The number of anilines is 3. The van der Waals surface area contributed by atoms with Crippen LogP contribution in [0.1, 0.15) is 19.3 Å². The van der Waals surface area contributed by atoms with Gasteiger partial charge in [0.2, 0.25) is 5.91 Å². The summed E-state index contributed by atoms with van der Waals surface area (Å²) in [5.41, 5.74) is 2.08. The number of fused-ring (bicyclic) bond motifs is 1. The van der Waals surface area contributed by atoms with E-state index in [1.165, 1.54) is 29.4 Å². The molecule has 0 unspecified atom stereocenters. The lowest BCUT2D eigenvalue weighted by atomic mass is 9.96. The number of nitrogens with one attached hydrogen (secondary N) is 2. The number of rotatable bonds is 8. The molecule has 0 aliphatic heterocycles. The highest BCUT2D eigenvalue weighted by Gasteiger charge is 2.21. The van der Waals surface area contributed by atoms with Crippen LogP contribution in [0.25, 0.3) is 10.9 Å². The zero-order valence-electron chi connectivity index (χ0n) is 18.4. The van der Waals surface area contributed by atoms with Crippen LogP contribution >= 0.6 is 11.6 Å². The van der Waals surface area contributed by atoms with Gasteiger partial charge in [0.15, 0.2) is 0 Å². The summed E-state index contributed by atoms with van der Waals surface area (Å²) >= 11 is 5.92. The second-order valence-corrected chi connectivity index (χ2v) is 8.44. The van der Waals surface area contributed by atoms with E-state index in [2.05, 4.69) is 20.6 Å². The van der Waals surface area contributed by atoms with Crippen molar-refractivity contribution in [3.05, 3.63) is 59.7 Å². The molecule has 3 aromatic rings. The van der Waals surface area contributed by atoms with Crippen LogP contribution in [0, 0.1) is 5.82 Å². The molecule has 4 rings (SSSR count). The Bertz CT molecular complexity index is 1200. The fourth-order valence-corrected chi connectivity index (χ4v) is 3.46. The van der Waals surface area contributed by atoms with Crippen LogP contribution in [0.4, 0.5) is 21.6 Å². The zero-order valence-corrected chi connectivity index (χ0v) is 19.2. The van der Waals surface area contributed by atoms with E-state index in [9.17, 15) is 9.18 Å². The third-order valence-electron chi connectivity index (χ3n) is 5.38. The molecule has 1 amide bonds. The summed E-state index contributed by atoms with van der Waals surface area (Å²) in [6, 6.07) is 8.19. The van der Waals surface area contributed by atoms with Crippen molar-refractivity contribution < 1.29 is 13.9 Å². The molecule has 1 aliphatic rings. The van der Waals surface area contributed by atoms with Gasteiger partial charge in [0.05, 0.1) is 22.3 Å². The van der Waals surface area contributed by atoms with Gasteiger partial charge in [-0.1, -0.05) is 17.7 Å². The van der Waals surface area contributed by atoms with Crippen molar-refractivity contribution in [2.45, 2.75) is 25.4 Å². The topological polar surface area (TPSA) is 79.4 Å². The van der Waals surface area contributed by atoms with Crippen molar-refractivity contribution >= 4 is 45.6 Å². The number of carbonyl (C=O) groups excluding carboxylic acids is 1. The second-order valence-electron chi connectivity index (χ2n) is 8.03. The van der Waals surface area contributed by atoms with Gasteiger partial charge in [-0.2, -0.15) is 0 Å². The lowest BCUT2D eigenvalue weighted by Crippen LogP contribution is -2.25. The second kappa shape index (κ2) is 10.0. The van der Waals surface area contributed by atoms with Crippen LogP contribution in [0.2, 0.25) is 5.02 Å². The smallest absolute Gasteiger partial charge is 0.245 e. The van der Waals surface area contributed by atoms with E-state index in [-0.39, 0.29) is 17.0 Å². The average molecular weight is 470 g/mol. The first kappa shape index (κ1) is 22.8. The maximum Gasteiger partial charge on any atom is 0.245 e. The number of carbonyl (C=O) groups is 1. The number of likely N-dealkylation sites (N-methyl/N-ethyl adjacent to an activating group) is 1. The summed E-state index contributed by atoms with van der Waals surface area (Å²) in [5.74, 6) is 0.687. The van der Waals surface area contributed by atoms with E-state index in [0.717, 1.165) is 30.3 Å². The maximum atomic E-state index is 13.5. The Morgan fingerprint density at radius 3 is 2.79 bits per heavy atom. The highest BCUT2D eigenvalue weighted by atomic mass is 35.5. The van der Waals surface area contributed by atoms with Gasteiger partial charge < -0.3 is 20.3 Å². The summed E-state index contributed by atoms with van der Waals surface area (Å²) in [7, 11) is 3.41. The Balaban J connectivity index is 1.64. The summed E-state index contributed by atoms with van der Waals surface area (Å²) in [4.78, 5) is 22.0. The van der Waals surface area contributed by atoms with E-state index in [0.29, 0.717) is 29.3 Å². The molecule has 2 aromatic carbocycles. The Labute approximate surface area is 196 Å². The number of halogens is 2. The van der Waals surface area contributed by atoms with E-state index in [4.69, 9.17) is 16.3 Å². The standard InChI is InChI=1S/C24H25ClFN5O2/c1-31(2)23(32)7-4-10-27-21-12-17-20(13-22(21)33-16-5-3-6-16)28-14-29-24(17)30-15-8-9-19(26)18(25)11-15/h4,7-9,11-14,16,27H,3,5-6,10H2,1-2H3,(H,28,29,30). The van der Waals surface area contributed by atoms with Crippen LogP contribution in [-0.4, -0.2) is 47.5 Å². The lowest BCUT2D eigenvalue weighted by molar-refractivity contribution is -0.123. The van der Waals surface area contributed by atoms with Gasteiger partial charge in [0, 0.05) is 43.9 Å². The zero-order chi connectivity index (χ0) is 23.4. The van der Waals surface area contributed by atoms with Gasteiger partial charge in [-0.25, -0.2) is 14.4 Å². The summed E-state index contributed by atoms with van der Waals surface area (Å²) in [5, 5.41) is 7.29. The molecule has 0 bridgehead atoms. The van der Waals surface area contributed by atoms with Gasteiger partial charge in [-0.05, 0) is 43.5 Å². The monoisotopic (exact) mass is 469 g/mol. The average Bonchev–Trinajstić information content (AvgIpc) is 2.76. The Morgan fingerprint density at radius 1 is 1.27 bits per heavy atom. The van der Waals surface area contributed by atoms with Gasteiger partial charge in [-0.3, -0.25) is 4.79 Å². The molecule has 33 heavy (non-hydrogen) atoms. The van der Waals surface area contributed by atoms with Gasteiger partial charge in [0.25, 0.3) is 0 Å². The van der Waals surface area contributed by atoms with Crippen LogP contribution < -0.4 is 15.4 Å². The quantitative estimate of drug-likeness (QED) is 0.444. The molecule has 1 aromatic heterocycles. The molecule has 0 radical (unpaired) electrons. The predicted molar refractivity (Wildman–Crippen MR) is 129 cm³/mol.